The molecule has 0 aliphatic rings. The average molecular weight is 369 g/mol. The van der Waals surface area contributed by atoms with E-state index in [-0.39, 0.29) is 5.91 Å². The fourth-order valence-corrected chi connectivity index (χ4v) is 2.73. The van der Waals surface area contributed by atoms with E-state index < -0.39 is 0 Å². The molecule has 0 aliphatic heterocycles. The fourth-order valence-electron chi connectivity index (χ4n) is 2.63. The highest BCUT2D eigenvalue weighted by molar-refractivity contribution is 7.80. The SMILES string of the molecule is C=C/C=C(\C=C/CS)N(C=NC)C(=O)c1cc2c(NC)ccnc2n1C. The van der Waals surface area contributed by atoms with E-state index in [1.165, 1.54) is 11.2 Å². The first-order chi connectivity index (χ1) is 12.6. The Morgan fingerprint density at radius 1 is 1.54 bits per heavy atom. The number of hydrogen-bond donors (Lipinski definition) is 2. The molecule has 0 aromatic carbocycles. The first-order valence-corrected chi connectivity index (χ1v) is 8.70. The third kappa shape index (κ3) is 3.88. The number of pyridine rings is 1. The molecule has 0 spiro atoms. The number of nitrogens with zero attached hydrogens (tertiary/aromatic N) is 4. The molecule has 7 heteroatoms. The first-order valence-electron chi connectivity index (χ1n) is 8.07. The lowest BCUT2D eigenvalue weighted by Gasteiger charge is -2.19. The van der Waals surface area contributed by atoms with Gasteiger partial charge in [0, 0.05) is 49.9 Å². The molecule has 0 saturated heterocycles. The predicted octanol–water partition coefficient (Wildman–Crippen LogP) is 3.27. The highest BCUT2D eigenvalue weighted by atomic mass is 32.1. The van der Waals surface area contributed by atoms with Crippen LogP contribution in [0.5, 0.6) is 0 Å². The summed E-state index contributed by atoms with van der Waals surface area (Å²) in [4.78, 5) is 23.1. The Morgan fingerprint density at radius 2 is 2.31 bits per heavy atom. The number of thiol groups is 1. The molecule has 2 heterocycles. The second kappa shape index (κ2) is 9.05. The summed E-state index contributed by atoms with van der Waals surface area (Å²) in [6.45, 7) is 3.72. The van der Waals surface area contributed by atoms with E-state index in [4.69, 9.17) is 0 Å². The summed E-state index contributed by atoms with van der Waals surface area (Å²) in [6, 6.07) is 3.71. The van der Waals surface area contributed by atoms with Crippen molar-refractivity contribution in [2.24, 2.45) is 12.0 Å². The summed E-state index contributed by atoms with van der Waals surface area (Å²) < 4.78 is 1.78. The van der Waals surface area contributed by atoms with Gasteiger partial charge in [-0.1, -0.05) is 18.7 Å². The van der Waals surface area contributed by atoms with Crippen LogP contribution in [0.3, 0.4) is 0 Å². The molecule has 6 nitrogen and oxygen atoms in total. The summed E-state index contributed by atoms with van der Waals surface area (Å²) in [5.41, 5.74) is 2.80. The molecule has 0 aliphatic carbocycles. The van der Waals surface area contributed by atoms with Crippen LogP contribution in [0.15, 0.2) is 59.9 Å². The number of nitrogens with one attached hydrogen (secondary N) is 1. The molecule has 2 aromatic rings. The van der Waals surface area contributed by atoms with E-state index in [1.54, 1.807) is 30.0 Å². The molecule has 0 radical (unpaired) electrons. The molecule has 0 bridgehead atoms. The van der Waals surface area contributed by atoms with Crippen LogP contribution in [0, 0.1) is 0 Å². The van der Waals surface area contributed by atoms with Crippen LogP contribution in [0.25, 0.3) is 11.0 Å². The number of anilines is 1. The number of amides is 1. The third-order valence-corrected chi connectivity index (χ3v) is 4.04. The molecule has 136 valence electrons. The van der Waals surface area contributed by atoms with Gasteiger partial charge in [0.25, 0.3) is 5.91 Å². The quantitative estimate of drug-likeness (QED) is 0.341. The summed E-state index contributed by atoms with van der Waals surface area (Å²) in [6.07, 6.45) is 10.2. The Kier molecular flexibility index (Phi) is 6.80. The zero-order chi connectivity index (χ0) is 19.1. The molecule has 2 aromatic heterocycles. The lowest BCUT2D eigenvalue weighted by atomic mass is 10.2. The molecule has 1 amide bonds. The number of rotatable bonds is 7. The van der Waals surface area contributed by atoms with Crippen LogP contribution < -0.4 is 5.32 Å². The van der Waals surface area contributed by atoms with Gasteiger partial charge in [0.1, 0.15) is 11.3 Å². The summed E-state index contributed by atoms with van der Waals surface area (Å²) in [5, 5.41) is 4.01. The molecule has 1 N–H and O–H groups in total. The molecule has 0 fully saturated rings. The van der Waals surface area contributed by atoms with Gasteiger partial charge >= 0.3 is 0 Å². The number of carbonyl (C=O) groups excluding carboxylic acids is 1. The number of hydrogen-bond acceptors (Lipinski definition) is 5. The maximum absolute atomic E-state index is 13.2. The summed E-state index contributed by atoms with van der Waals surface area (Å²) in [5.74, 6) is 0.346. The highest BCUT2D eigenvalue weighted by Gasteiger charge is 2.22. The number of allylic oxidation sites excluding steroid dienone is 3. The van der Waals surface area contributed by atoms with Gasteiger partial charge in [-0.05, 0) is 24.3 Å². The molecule has 2 rings (SSSR count). The van der Waals surface area contributed by atoms with Gasteiger partial charge in [0.2, 0.25) is 0 Å². The van der Waals surface area contributed by atoms with Crippen LogP contribution in [0.2, 0.25) is 0 Å². The van der Waals surface area contributed by atoms with Crippen molar-refractivity contribution in [1.29, 1.82) is 0 Å². The Labute approximate surface area is 159 Å². The minimum Gasteiger partial charge on any atom is -0.387 e. The van der Waals surface area contributed by atoms with Crippen LogP contribution in [-0.2, 0) is 7.05 Å². The maximum Gasteiger partial charge on any atom is 0.280 e. The highest BCUT2D eigenvalue weighted by Crippen LogP contribution is 2.25. The van der Waals surface area contributed by atoms with Gasteiger partial charge in [0.05, 0.1) is 6.34 Å². The van der Waals surface area contributed by atoms with Crippen LogP contribution in [-0.4, -0.2) is 46.5 Å². The van der Waals surface area contributed by atoms with E-state index in [1.807, 2.05) is 38.4 Å². The van der Waals surface area contributed by atoms with E-state index >= 15 is 0 Å². The van der Waals surface area contributed by atoms with E-state index in [9.17, 15) is 4.79 Å². The summed E-state index contributed by atoms with van der Waals surface area (Å²) >= 11 is 4.18. The van der Waals surface area contributed by atoms with Gasteiger partial charge in [-0.2, -0.15) is 12.6 Å². The van der Waals surface area contributed by atoms with Crippen molar-refractivity contribution in [1.82, 2.24) is 14.5 Å². The van der Waals surface area contributed by atoms with E-state index in [0.717, 1.165) is 16.7 Å². The Hall–Kier alpha value is -2.80. The Balaban J connectivity index is 2.58. The standard InChI is InChI=1S/C19H23N5OS/c1-5-7-14(8-6-11-26)24(13-20-2)19(25)17-12-15-16(21-3)9-10-22-18(15)23(17)4/h5-10,12-13,26H,1,11H2,2-4H3,(H,21,22)/b8-6-,14-7+,20-13?. The van der Waals surface area contributed by atoms with Crippen LogP contribution >= 0.6 is 12.6 Å². The minimum absolute atomic E-state index is 0.213. The van der Waals surface area contributed by atoms with Gasteiger partial charge in [-0.3, -0.25) is 14.7 Å². The Bertz CT molecular complexity index is 895. The van der Waals surface area contributed by atoms with E-state index in [0.29, 0.717) is 17.1 Å². The number of fused-ring (bicyclic) bond motifs is 1. The van der Waals surface area contributed by atoms with Crippen molar-refractivity contribution in [2.45, 2.75) is 0 Å². The van der Waals surface area contributed by atoms with E-state index in [2.05, 4.69) is 34.5 Å². The number of carbonyl (C=O) groups is 1. The Morgan fingerprint density at radius 3 is 2.92 bits per heavy atom. The zero-order valence-corrected chi connectivity index (χ0v) is 16.1. The molecule has 26 heavy (non-hydrogen) atoms. The van der Waals surface area contributed by atoms with Crippen molar-refractivity contribution in [2.75, 3.05) is 25.2 Å². The minimum atomic E-state index is -0.213. The van der Waals surface area contributed by atoms with Gasteiger partial charge in [0.15, 0.2) is 0 Å². The number of aromatic nitrogens is 2. The number of aryl methyl sites for hydroxylation is 1. The predicted molar refractivity (Wildman–Crippen MR) is 112 cm³/mol. The molecular formula is C19H23N5OS. The fraction of sp³-hybridized carbons (Fsp3) is 0.211. The zero-order valence-electron chi connectivity index (χ0n) is 15.2. The first kappa shape index (κ1) is 19.5. The monoisotopic (exact) mass is 369 g/mol. The van der Waals surface area contributed by atoms with Crippen molar-refractivity contribution >= 4 is 41.6 Å². The van der Waals surface area contributed by atoms with Crippen molar-refractivity contribution in [3.8, 4) is 0 Å². The van der Waals surface area contributed by atoms with Gasteiger partial charge in [-0.25, -0.2) is 4.98 Å². The second-order valence-electron chi connectivity index (χ2n) is 5.40. The van der Waals surface area contributed by atoms with Crippen molar-refractivity contribution < 1.29 is 4.79 Å². The largest absolute Gasteiger partial charge is 0.387 e. The lowest BCUT2D eigenvalue weighted by Crippen LogP contribution is -2.30. The third-order valence-electron chi connectivity index (χ3n) is 3.83. The van der Waals surface area contributed by atoms with Crippen molar-refractivity contribution in [3.05, 3.63) is 60.6 Å². The van der Waals surface area contributed by atoms with Crippen LogP contribution in [0.1, 0.15) is 10.5 Å². The molecule has 0 atom stereocenters. The lowest BCUT2D eigenvalue weighted by molar-refractivity contribution is 0.0876. The molecular weight excluding hydrogens is 346 g/mol. The molecule has 0 saturated carbocycles. The summed E-state index contributed by atoms with van der Waals surface area (Å²) in [7, 11) is 5.28. The normalized spacial score (nSPS) is 12.2. The van der Waals surface area contributed by atoms with Gasteiger partial charge < -0.3 is 9.88 Å². The second-order valence-corrected chi connectivity index (χ2v) is 5.76. The maximum atomic E-state index is 13.2. The topological polar surface area (TPSA) is 62.5 Å². The smallest absolute Gasteiger partial charge is 0.280 e. The molecule has 0 unspecified atom stereocenters. The van der Waals surface area contributed by atoms with Crippen LogP contribution in [0.4, 0.5) is 5.69 Å². The van der Waals surface area contributed by atoms with Gasteiger partial charge in [-0.15, -0.1) is 0 Å². The van der Waals surface area contributed by atoms with Crippen molar-refractivity contribution in [3.63, 3.8) is 0 Å². The average Bonchev–Trinajstić information content (AvgIpc) is 3.00. The number of aliphatic imine (C=N–C) groups is 1.